The van der Waals surface area contributed by atoms with Crippen molar-refractivity contribution in [2.24, 2.45) is 11.8 Å². The number of amides is 1. The van der Waals surface area contributed by atoms with Crippen LogP contribution >= 0.6 is 11.3 Å². The summed E-state index contributed by atoms with van der Waals surface area (Å²) in [6.07, 6.45) is 11.5. The molecule has 0 unspecified atom stereocenters. The van der Waals surface area contributed by atoms with Gasteiger partial charge in [0.05, 0.1) is 11.5 Å². The van der Waals surface area contributed by atoms with Crippen molar-refractivity contribution in [3.8, 4) is 28.3 Å². The second-order valence-corrected chi connectivity index (χ2v) is 15.5. The van der Waals surface area contributed by atoms with Crippen molar-refractivity contribution in [3.05, 3.63) is 88.4 Å². The fourth-order valence-electron chi connectivity index (χ4n) is 5.89. The SMILES string of the molecule is CCCCCCCOc1ccc(-c2cnc(-c3ccc(C[C@H](CC(=O)c4ccc(C(C)(C)C)s4)C(=O)N[C@H](C(=O)O)C4CC4)cc3)nc2)cc1. The van der Waals surface area contributed by atoms with E-state index in [0.717, 1.165) is 58.7 Å². The molecule has 1 amide bonds. The third-order valence-electron chi connectivity index (χ3n) is 9.13. The van der Waals surface area contributed by atoms with Gasteiger partial charge in [-0.3, -0.25) is 9.59 Å². The van der Waals surface area contributed by atoms with Crippen LogP contribution in [0.25, 0.3) is 22.5 Å². The number of ether oxygens (including phenoxy) is 1. The van der Waals surface area contributed by atoms with Crippen LogP contribution in [0, 0.1) is 11.8 Å². The van der Waals surface area contributed by atoms with Gasteiger partial charge in [0.1, 0.15) is 11.8 Å². The first kappa shape index (κ1) is 36.9. The maximum Gasteiger partial charge on any atom is 0.326 e. The summed E-state index contributed by atoms with van der Waals surface area (Å²) in [7, 11) is 0. The summed E-state index contributed by atoms with van der Waals surface area (Å²) in [4.78, 5) is 49.8. The average Bonchev–Trinajstić information content (AvgIpc) is 3.81. The summed E-state index contributed by atoms with van der Waals surface area (Å²) in [5.41, 5.74) is 3.51. The zero-order chi connectivity index (χ0) is 35.7. The van der Waals surface area contributed by atoms with E-state index in [1.807, 2.05) is 60.7 Å². The lowest BCUT2D eigenvalue weighted by Gasteiger charge is -2.20. The average molecular weight is 696 g/mol. The molecule has 1 aliphatic carbocycles. The van der Waals surface area contributed by atoms with Gasteiger partial charge in [-0.2, -0.15) is 0 Å². The van der Waals surface area contributed by atoms with E-state index >= 15 is 0 Å². The van der Waals surface area contributed by atoms with Gasteiger partial charge in [-0.1, -0.05) is 89.8 Å². The second kappa shape index (κ2) is 17.0. The molecule has 0 bridgehead atoms. The number of aliphatic carboxylic acids is 1. The van der Waals surface area contributed by atoms with E-state index in [4.69, 9.17) is 4.74 Å². The van der Waals surface area contributed by atoms with Gasteiger partial charge in [0, 0.05) is 40.7 Å². The lowest BCUT2D eigenvalue weighted by molar-refractivity contribution is -0.143. The summed E-state index contributed by atoms with van der Waals surface area (Å²) in [6.45, 7) is 9.24. The Hall–Kier alpha value is -4.37. The number of benzene rings is 2. The van der Waals surface area contributed by atoms with Crippen molar-refractivity contribution < 1.29 is 24.2 Å². The number of carbonyl (C=O) groups is 3. The van der Waals surface area contributed by atoms with Crippen LogP contribution in [0.15, 0.2) is 73.1 Å². The van der Waals surface area contributed by atoms with Crippen molar-refractivity contribution >= 4 is 29.0 Å². The van der Waals surface area contributed by atoms with E-state index in [-0.39, 0.29) is 23.5 Å². The minimum Gasteiger partial charge on any atom is -0.494 e. The number of ketones is 1. The Bertz CT molecular complexity index is 1720. The molecule has 2 atom stereocenters. The molecule has 0 spiro atoms. The van der Waals surface area contributed by atoms with Gasteiger partial charge in [0.15, 0.2) is 11.6 Å². The van der Waals surface area contributed by atoms with Crippen LogP contribution in [0.1, 0.15) is 99.2 Å². The number of unbranched alkanes of at least 4 members (excludes halogenated alkanes) is 4. The summed E-state index contributed by atoms with van der Waals surface area (Å²) in [6, 6.07) is 18.5. The van der Waals surface area contributed by atoms with Gasteiger partial charge < -0.3 is 15.2 Å². The summed E-state index contributed by atoms with van der Waals surface area (Å²) in [5.74, 6) is -0.903. The Balaban J connectivity index is 1.23. The Kier molecular flexibility index (Phi) is 12.6. The Morgan fingerprint density at radius 2 is 1.54 bits per heavy atom. The molecule has 8 nitrogen and oxygen atoms in total. The number of Topliss-reactive ketones (excluding diaryl/α,β-unsaturated/α-hetero) is 1. The molecule has 0 aliphatic heterocycles. The molecule has 9 heteroatoms. The fourth-order valence-corrected chi connectivity index (χ4v) is 6.91. The molecule has 0 saturated heterocycles. The predicted octanol–water partition coefficient (Wildman–Crippen LogP) is 8.93. The molecule has 264 valence electrons. The standard InChI is InChI=1S/C41H49N3O5S/c1-5-6-7-8-9-22-49-33-18-16-28(17-19-33)32-25-42-38(43-26-32)30-12-10-27(11-13-30)23-31(39(46)44-37(40(47)48)29-14-15-29)24-34(45)35-20-21-36(50-35)41(2,3)4/h10-13,16-21,25-26,29,31,37H,5-9,14-15,22-24H2,1-4H3,(H,44,46)(H,47,48)/t31-,37+/m1/s1. The summed E-state index contributed by atoms with van der Waals surface area (Å²) in [5, 5.41) is 12.5. The van der Waals surface area contributed by atoms with Crippen molar-refractivity contribution in [3.63, 3.8) is 0 Å². The lowest BCUT2D eigenvalue weighted by atomic mass is 9.92. The molecular weight excluding hydrogens is 647 g/mol. The number of hydrogen-bond donors (Lipinski definition) is 2. The highest BCUT2D eigenvalue weighted by molar-refractivity contribution is 7.14. The van der Waals surface area contributed by atoms with Crippen molar-refractivity contribution in [2.75, 3.05) is 6.61 Å². The van der Waals surface area contributed by atoms with Gasteiger partial charge in [-0.15, -0.1) is 11.3 Å². The highest BCUT2D eigenvalue weighted by atomic mass is 32.1. The zero-order valence-electron chi connectivity index (χ0n) is 29.6. The normalized spacial score (nSPS) is 14.2. The molecule has 2 N–H and O–H groups in total. The van der Waals surface area contributed by atoms with Crippen LogP contribution in [0.2, 0.25) is 0 Å². The Morgan fingerprint density at radius 1 is 0.880 bits per heavy atom. The number of carboxylic acid groups (broad SMARTS) is 1. The van der Waals surface area contributed by atoms with Crippen LogP contribution in [0.3, 0.4) is 0 Å². The van der Waals surface area contributed by atoms with Gasteiger partial charge in [-0.25, -0.2) is 14.8 Å². The second-order valence-electron chi connectivity index (χ2n) is 14.4. The van der Waals surface area contributed by atoms with Crippen LogP contribution < -0.4 is 10.1 Å². The predicted molar refractivity (Wildman–Crippen MR) is 199 cm³/mol. The minimum atomic E-state index is -1.04. The Morgan fingerprint density at radius 3 is 2.14 bits per heavy atom. The minimum absolute atomic E-state index is 0.00852. The molecule has 4 aromatic rings. The molecule has 0 radical (unpaired) electrons. The van der Waals surface area contributed by atoms with E-state index in [0.29, 0.717) is 17.1 Å². The highest BCUT2D eigenvalue weighted by Gasteiger charge is 2.38. The van der Waals surface area contributed by atoms with E-state index in [1.165, 1.54) is 37.0 Å². The number of nitrogens with zero attached hydrogens (tertiary/aromatic N) is 2. The van der Waals surface area contributed by atoms with E-state index in [2.05, 4.69) is 43.0 Å². The Labute approximate surface area is 299 Å². The topological polar surface area (TPSA) is 118 Å². The quantitative estimate of drug-likeness (QED) is 0.0788. The molecule has 5 rings (SSSR count). The van der Waals surface area contributed by atoms with Crippen molar-refractivity contribution in [1.82, 2.24) is 15.3 Å². The van der Waals surface area contributed by atoms with Gasteiger partial charge >= 0.3 is 5.97 Å². The van der Waals surface area contributed by atoms with E-state index in [1.54, 1.807) is 12.4 Å². The summed E-state index contributed by atoms with van der Waals surface area (Å²) >= 11 is 1.45. The molecule has 1 aliphatic rings. The number of rotatable bonds is 18. The molecule has 2 aromatic heterocycles. The molecule has 1 fully saturated rings. The van der Waals surface area contributed by atoms with Crippen LogP contribution in [0.4, 0.5) is 0 Å². The highest BCUT2D eigenvalue weighted by Crippen LogP contribution is 2.34. The van der Waals surface area contributed by atoms with Crippen LogP contribution in [-0.4, -0.2) is 45.4 Å². The first-order valence-electron chi connectivity index (χ1n) is 17.8. The molecule has 50 heavy (non-hydrogen) atoms. The molecule has 2 heterocycles. The van der Waals surface area contributed by atoms with Gasteiger partial charge in [-0.05, 0) is 72.4 Å². The number of thiophene rings is 1. The lowest BCUT2D eigenvalue weighted by Crippen LogP contribution is -2.45. The maximum atomic E-state index is 13.5. The molecule has 1 saturated carbocycles. The van der Waals surface area contributed by atoms with Crippen LogP contribution in [-0.2, 0) is 21.4 Å². The smallest absolute Gasteiger partial charge is 0.326 e. The van der Waals surface area contributed by atoms with Crippen molar-refractivity contribution in [2.45, 2.75) is 96.9 Å². The number of nitrogens with one attached hydrogen (secondary N) is 1. The first-order valence-corrected chi connectivity index (χ1v) is 18.6. The van der Waals surface area contributed by atoms with E-state index in [9.17, 15) is 19.5 Å². The number of carboxylic acids is 1. The number of carbonyl (C=O) groups excluding carboxylic acids is 2. The van der Waals surface area contributed by atoms with Crippen LogP contribution in [0.5, 0.6) is 5.75 Å². The van der Waals surface area contributed by atoms with E-state index < -0.39 is 23.8 Å². The zero-order valence-corrected chi connectivity index (χ0v) is 30.4. The third-order valence-corrected chi connectivity index (χ3v) is 10.7. The number of hydrogen-bond acceptors (Lipinski definition) is 7. The van der Waals surface area contributed by atoms with Gasteiger partial charge in [0.2, 0.25) is 5.91 Å². The third kappa shape index (κ3) is 10.3. The molecular formula is C41H49N3O5S. The van der Waals surface area contributed by atoms with Crippen molar-refractivity contribution in [1.29, 1.82) is 0 Å². The first-order chi connectivity index (χ1) is 24.0. The number of aromatic nitrogens is 2. The molecule has 2 aromatic carbocycles. The monoisotopic (exact) mass is 695 g/mol. The van der Waals surface area contributed by atoms with Gasteiger partial charge in [0.25, 0.3) is 0 Å². The largest absolute Gasteiger partial charge is 0.494 e. The fraction of sp³-hybridized carbons (Fsp3) is 0.439. The summed E-state index contributed by atoms with van der Waals surface area (Å²) < 4.78 is 5.90. The maximum absolute atomic E-state index is 13.5.